The monoisotopic (exact) mass is 269 g/mol. The number of ether oxygens (including phenoxy) is 1. The van der Waals surface area contributed by atoms with E-state index in [0.29, 0.717) is 30.2 Å². The van der Waals surface area contributed by atoms with E-state index in [4.69, 9.17) is 9.84 Å². The number of aliphatic hydroxyl groups is 1. The highest BCUT2D eigenvalue weighted by Gasteiger charge is 2.55. The highest BCUT2D eigenvalue weighted by molar-refractivity contribution is 5.09. The van der Waals surface area contributed by atoms with E-state index in [9.17, 15) is 0 Å². The molecule has 2 fully saturated rings. The third kappa shape index (κ3) is 3.32. The van der Waals surface area contributed by atoms with Crippen molar-refractivity contribution in [3.8, 4) is 0 Å². The van der Waals surface area contributed by atoms with Gasteiger partial charge in [-0.2, -0.15) is 0 Å². The topological polar surface area (TPSA) is 41.5 Å². The molecule has 0 radical (unpaired) electrons. The fraction of sp³-hybridized carbons (Fsp3) is 1.00. The number of aliphatic hydroxyl groups excluding tert-OH is 1. The lowest BCUT2D eigenvalue weighted by atomic mass is 9.55. The third-order valence-corrected chi connectivity index (χ3v) is 5.22. The Bertz CT molecular complexity index is 263. The van der Waals surface area contributed by atoms with E-state index < -0.39 is 0 Å². The Morgan fingerprint density at radius 3 is 2.68 bits per heavy atom. The maximum Gasteiger partial charge on any atom is 0.0661 e. The van der Waals surface area contributed by atoms with E-state index in [0.717, 1.165) is 19.4 Å². The van der Waals surface area contributed by atoms with Crippen LogP contribution in [0.3, 0.4) is 0 Å². The van der Waals surface area contributed by atoms with Crippen LogP contribution >= 0.6 is 0 Å². The molecule has 3 heteroatoms. The van der Waals surface area contributed by atoms with Gasteiger partial charge in [0.05, 0.1) is 6.10 Å². The minimum absolute atomic E-state index is 0.309. The zero-order valence-electron chi connectivity index (χ0n) is 12.7. The normalized spacial score (nSPS) is 31.1. The first-order chi connectivity index (χ1) is 9.23. The predicted octanol–water partition coefficient (Wildman–Crippen LogP) is 2.86. The minimum atomic E-state index is 0.309. The summed E-state index contributed by atoms with van der Waals surface area (Å²) < 4.78 is 5.98. The van der Waals surface area contributed by atoms with E-state index in [2.05, 4.69) is 19.2 Å². The highest BCUT2D eigenvalue weighted by atomic mass is 16.5. The van der Waals surface area contributed by atoms with Crippen LogP contribution in [0.15, 0.2) is 0 Å². The van der Waals surface area contributed by atoms with Crippen LogP contribution in [0.4, 0.5) is 0 Å². The number of nitrogens with one attached hydrogen (secondary N) is 1. The summed E-state index contributed by atoms with van der Waals surface area (Å²) in [5.41, 5.74) is 0.418. The Balaban J connectivity index is 1.89. The second-order valence-corrected chi connectivity index (χ2v) is 6.46. The van der Waals surface area contributed by atoms with Crippen LogP contribution < -0.4 is 5.32 Å². The van der Waals surface area contributed by atoms with Crippen molar-refractivity contribution >= 4 is 0 Å². The summed E-state index contributed by atoms with van der Waals surface area (Å²) in [6.07, 6.45) is 10.4. The molecule has 3 unspecified atom stereocenters. The molecule has 0 heterocycles. The molecule has 0 aromatic rings. The Kier molecular flexibility index (Phi) is 5.67. The second kappa shape index (κ2) is 7.05. The van der Waals surface area contributed by atoms with Crippen LogP contribution in [0.25, 0.3) is 0 Å². The van der Waals surface area contributed by atoms with Gasteiger partial charge in [0.15, 0.2) is 0 Å². The zero-order valence-corrected chi connectivity index (χ0v) is 12.7. The van der Waals surface area contributed by atoms with Gasteiger partial charge in [-0.15, -0.1) is 0 Å². The summed E-state index contributed by atoms with van der Waals surface area (Å²) in [5.74, 6) is 0. The molecule has 2 aliphatic rings. The quantitative estimate of drug-likeness (QED) is 0.747. The molecule has 2 N–H and O–H groups in total. The predicted molar refractivity (Wildman–Crippen MR) is 78.3 cm³/mol. The summed E-state index contributed by atoms with van der Waals surface area (Å²) in [6, 6.07) is 1.15. The molecule has 19 heavy (non-hydrogen) atoms. The summed E-state index contributed by atoms with van der Waals surface area (Å²) in [7, 11) is 0. The molecule has 0 saturated heterocycles. The van der Waals surface area contributed by atoms with Crippen molar-refractivity contribution in [1.29, 1.82) is 0 Å². The molecule has 112 valence electrons. The number of hydrogen-bond acceptors (Lipinski definition) is 3. The molecule has 0 bridgehead atoms. The number of hydrogen-bond donors (Lipinski definition) is 2. The third-order valence-electron chi connectivity index (χ3n) is 5.22. The Morgan fingerprint density at radius 1 is 1.32 bits per heavy atom. The molecule has 0 aromatic carbocycles. The maximum absolute atomic E-state index is 8.93. The zero-order chi connectivity index (χ0) is 13.7. The molecule has 0 aliphatic heterocycles. The largest absolute Gasteiger partial charge is 0.396 e. The molecule has 3 nitrogen and oxygen atoms in total. The van der Waals surface area contributed by atoms with Crippen molar-refractivity contribution in [3.63, 3.8) is 0 Å². The molecule has 2 saturated carbocycles. The van der Waals surface area contributed by atoms with Gasteiger partial charge in [-0.25, -0.2) is 0 Å². The fourth-order valence-corrected chi connectivity index (χ4v) is 4.12. The average Bonchev–Trinajstić information content (AvgIpc) is 2.45. The SMILES string of the molecule is CCOC1CC(NC(C)CCCO)C12CCCCC2. The van der Waals surface area contributed by atoms with E-state index in [1.165, 1.54) is 38.5 Å². The van der Waals surface area contributed by atoms with Crippen molar-refractivity contribution in [3.05, 3.63) is 0 Å². The lowest BCUT2D eigenvalue weighted by Crippen LogP contribution is -2.65. The maximum atomic E-state index is 8.93. The van der Waals surface area contributed by atoms with Crippen LogP contribution in [0, 0.1) is 5.41 Å². The molecule has 3 atom stereocenters. The van der Waals surface area contributed by atoms with E-state index in [1.54, 1.807) is 0 Å². The molecular weight excluding hydrogens is 238 g/mol. The Hall–Kier alpha value is -0.120. The van der Waals surface area contributed by atoms with E-state index >= 15 is 0 Å². The van der Waals surface area contributed by atoms with Gasteiger partial charge in [-0.3, -0.25) is 0 Å². The summed E-state index contributed by atoms with van der Waals surface area (Å²) in [4.78, 5) is 0. The summed E-state index contributed by atoms with van der Waals surface area (Å²) >= 11 is 0. The highest BCUT2D eigenvalue weighted by Crippen LogP contribution is 2.53. The molecule has 2 rings (SSSR count). The smallest absolute Gasteiger partial charge is 0.0661 e. The molecule has 2 aliphatic carbocycles. The lowest BCUT2D eigenvalue weighted by molar-refractivity contribution is -0.152. The van der Waals surface area contributed by atoms with Crippen molar-refractivity contribution in [2.45, 2.75) is 83.4 Å². The Labute approximate surface area is 118 Å². The van der Waals surface area contributed by atoms with Crippen molar-refractivity contribution in [1.82, 2.24) is 5.32 Å². The molecule has 0 aromatic heterocycles. The first-order valence-electron chi connectivity index (χ1n) is 8.21. The van der Waals surface area contributed by atoms with Crippen LogP contribution in [-0.4, -0.2) is 36.5 Å². The van der Waals surface area contributed by atoms with Crippen LogP contribution in [0.2, 0.25) is 0 Å². The Morgan fingerprint density at radius 2 is 2.05 bits per heavy atom. The first-order valence-corrected chi connectivity index (χ1v) is 8.21. The summed E-state index contributed by atoms with van der Waals surface area (Å²) in [5, 5.41) is 12.7. The van der Waals surface area contributed by atoms with Crippen LogP contribution in [-0.2, 0) is 4.74 Å². The summed E-state index contributed by atoms with van der Waals surface area (Å²) in [6.45, 7) is 5.52. The fourth-order valence-electron chi connectivity index (χ4n) is 4.12. The van der Waals surface area contributed by atoms with Gasteiger partial charge in [0, 0.05) is 30.7 Å². The van der Waals surface area contributed by atoms with E-state index in [-0.39, 0.29) is 0 Å². The minimum Gasteiger partial charge on any atom is -0.396 e. The number of rotatable bonds is 7. The van der Waals surface area contributed by atoms with Gasteiger partial charge >= 0.3 is 0 Å². The lowest BCUT2D eigenvalue weighted by Gasteiger charge is -2.58. The molecule has 1 spiro atoms. The van der Waals surface area contributed by atoms with Crippen LogP contribution in [0.1, 0.15) is 65.2 Å². The van der Waals surface area contributed by atoms with E-state index in [1.807, 2.05) is 0 Å². The first kappa shape index (κ1) is 15.3. The molecular formula is C16H31NO2. The van der Waals surface area contributed by atoms with Crippen molar-refractivity contribution < 1.29 is 9.84 Å². The van der Waals surface area contributed by atoms with Crippen molar-refractivity contribution in [2.75, 3.05) is 13.2 Å². The van der Waals surface area contributed by atoms with Gasteiger partial charge in [-0.1, -0.05) is 19.3 Å². The molecule has 0 amide bonds. The van der Waals surface area contributed by atoms with Gasteiger partial charge in [0.25, 0.3) is 0 Å². The standard InChI is InChI=1S/C16H31NO2/c1-3-19-15-12-14(17-13(2)8-7-11-18)16(15)9-5-4-6-10-16/h13-15,17-18H,3-12H2,1-2H3. The van der Waals surface area contributed by atoms with Gasteiger partial charge < -0.3 is 15.2 Å². The second-order valence-electron chi connectivity index (χ2n) is 6.46. The van der Waals surface area contributed by atoms with Crippen LogP contribution in [0.5, 0.6) is 0 Å². The van der Waals surface area contributed by atoms with Gasteiger partial charge in [0.2, 0.25) is 0 Å². The van der Waals surface area contributed by atoms with Gasteiger partial charge in [0.1, 0.15) is 0 Å². The van der Waals surface area contributed by atoms with Crippen molar-refractivity contribution in [2.24, 2.45) is 5.41 Å². The average molecular weight is 269 g/mol. The van der Waals surface area contributed by atoms with Gasteiger partial charge in [-0.05, 0) is 46.0 Å².